The van der Waals surface area contributed by atoms with Crippen LogP contribution in [0, 0.1) is 12.8 Å². The van der Waals surface area contributed by atoms with Crippen LogP contribution in [0.4, 0.5) is 10.1 Å². The van der Waals surface area contributed by atoms with Crippen molar-refractivity contribution in [3.8, 4) is 0 Å². The monoisotopic (exact) mass is 296 g/mol. The number of benzene rings is 1. The van der Waals surface area contributed by atoms with Gasteiger partial charge in [-0.3, -0.25) is 0 Å². The van der Waals surface area contributed by atoms with Crippen molar-refractivity contribution < 1.29 is 4.39 Å². The fourth-order valence-corrected chi connectivity index (χ4v) is 1.94. The van der Waals surface area contributed by atoms with Crippen LogP contribution in [0.15, 0.2) is 24.3 Å². The van der Waals surface area contributed by atoms with Gasteiger partial charge in [-0.25, -0.2) is 4.39 Å². The van der Waals surface area contributed by atoms with Crippen molar-refractivity contribution in [2.45, 2.75) is 47.0 Å². The molecule has 0 bridgehead atoms. The standard InChI is InChI=1S/C11H24FN.C7H9N/c1-4-8-13(10-7-12)9-6-11(3)5-2;1-6-2-4-7(8)5-3-6/h11H,4-10H2,1-3H3;2-5H,8H2,1H3. The molecule has 1 atom stereocenters. The predicted octanol–water partition coefficient (Wildman–Crippen LogP) is 4.68. The zero-order valence-electron chi connectivity index (χ0n) is 14.2. The van der Waals surface area contributed by atoms with Gasteiger partial charge in [0.15, 0.2) is 0 Å². The second kappa shape index (κ2) is 12.6. The van der Waals surface area contributed by atoms with Crippen molar-refractivity contribution in [1.82, 2.24) is 4.90 Å². The van der Waals surface area contributed by atoms with E-state index < -0.39 is 0 Å². The molecule has 2 nitrogen and oxygen atoms in total. The number of alkyl halides is 1. The molecule has 0 saturated heterocycles. The van der Waals surface area contributed by atoms with Gasteiger partial charge in [-0.05, 0) is 50.9 Å². The molecule has 1 aromatic rings. The van der Waals surface area contributed by atoms with Crippen LogP contribution in [0.1, 0.15) is 45.6 Å². The number of aryl methyl sites for hydroxylation is 1. The van der Waals surface area contributed by atoms with Crippen LogP contribution >= 0.6 is 0 Å². The Labute approximate surface area is 130 Å². The third kappa shape index (κ3) is 11.3. The van der Waals surface area contributed by atoms with Gasteiger partial charge in [0.1, 0.15) is 6.67 Å². The highest BCUT2D eigenvalue weighted by molar-refractivity contribution is 5.38. The lowest BCUT2D eigenvalue weighted by molar-refractivity contribution is 0.232. The van der Waals surface area contributed by atoms with Crippen molar-refractivity contribution in [3.05, 3.63) is 29.8 Å². The summed E-state index contributed by atoms with van der Waals surface area (Å²) in [5.74, 6) is 0.777. The lowest BCUT2D eigenvalue weighted by Crippen LogP contribution is -2.28. The van der Waals surface area contributed by atoms with Crippen LogP contribution in [0.2, 0.25) is 0 Å². The summed E-state index contributed by atoms with van der Waals surface area (Å²) in [7, 11) is 0. The van der Waals surface area contributed by atoms with Crippen LogP contribution in [-0.2, 0) is 0 Å². The summed E-state index contributed by atoms with van der Waals surface area (Å²) in [6.07, 6.45) is 3.56. The van der Waals surface area contributed by atoms with E-state index in [2.05, 4.69) is 25.7 Å². The van der Waals surface area contributed by atoms with Crippen LogP contribution in [0.3, 0.4) is 0 Å². The zero-order chi connectivity index (χ0) is 16.1. The highest BCUT2D eigenvalue weighted by atomic mass is 19.1. The Morgan fingerprint density at radius 3 is 2.14 bits per heavy atom. The van der Waals surface area contributed by atoms with Gasteiger partial charge in [-0.15, -0.1) is 0 Å². The maximum absolute atomic E-state index is 12.1. The van der Waals surface area contributed by atoms with Gasteiger partial charge in [0.25, 0.3) is 0 Å². The summed E-state index contributed by atoms with van der Waals surface area (Å²) in [6.45, 7) is 11.2. The number of rotatable bonds is 8. The normalized spacial score (nSPS) is 11.9. The number of nitrogens with zero attached hydrogens (tertiary/aromatic N) is 1. The van der Waals surface area contributed by atoms with Gasteiger partial charge in [0.05, 0.1) is 0 Å². The Balaban J connectivity index is 0.000000423. The Kier molecular flexibility index (Phi) is 12.0. The fourth-order valence-electron chi connectivity index (χ4n) is 1.94. The van der Waals surface area contributed by atoms with Gasteiger partial charge >= 0.3 is 0 Å². The molecule has 1 aromatic carbocycles. The maximum Gasteiger partial charge on any atom is 0.102 e. The van der Waals surface area contributed by atoms with E-state index in [1.807, 2.05) is 31.2 Å². The quantitative estimate of drug-likeness (QED) is 0.706. The second-order valence-electron chi connectivity index (χ2n) is 5.74. The summed E-state index contributed by atoms with van der Waals surface area (Å²) in [6, 6.07) is 7.79. The van der Waals surface area contributed by atoms with Crippen molar-refractivity contribution in [3.63, 3.8) is 0 Å². The molecular formula is C18H33FN2. The molecule has 0 aromatic heterocycles. The second-order valence-corrected chi connectivity index (χ2v) is 5.74. The molecule has 0 aliphatic rings. The Hall–Kier alpha value is -1.09. The van der Waals surface area contributed by atoms with E-state index in [4.69, 9.17) is 5.73 Å². The summed E-state index contributed by atoms with van der Waals surface area (Å²) >= 11 is 0. The third-order valence-electron chi connectivity index (χ3n) is 3.65. The summed E-state index contributed by atoms with van der Waals surface area (Å²) in [4.78, 5) is 2.23. The van der Waals surface area contributed by atoms with Crippen LogP contribution in [0.25, 0.3) is 0 Å². The average Bonchev–Trinajstić information content (AvgIpc) is 2.48. The topological polar surface area (TPSA) is 29.3 Å². The van der Waals surface area contributed by atoms with E-state index in [9.17, 15) is 4.39 Å². The summed E-state index contributed by atoms with van der Waals surface area (Å²) in [5.41, 5.74) is 7.51. The molecule has 21 heavy (non-hydrogen) atoms. The minimum Gasteiger partial charge on any atom is -0.399 e. The summed E-state index contributed by atoms with van der Waals surface area (Å²) in [5, 5.41) is 0. The molecule has 0 saturated carbocycles. The van der Waals surface area contributed by atoms with Crippen LogP contribution < -0.4 is 5.73 Å². The minimum atomic E-state index is -0.208. The molecule has 122 valence electrons. The SMILES string of the molecule is CCCN(CCF)CCC(C)CC.Cc1ccc(N)cc1. The van der Waals surface area contributed by atoms with E-state index in [0.717, 1.165) is 31.1 Å². The Bertz CT molecular complexity index is 311. The first-order chi connectivity index (χ1) is 10.0. The van der Waals surface area contributed by atoms with Crippen molar-refractivity contribution in [1.29, 1.82) is 0 Å². The molecule has 0 radical (unpaired) electrons. The lowest BCUT2D eigenvalue weighted by atomic mass is 10.1. The Morgan fingerprint density at radius 2 is 1.71 bits per heavy atom. The Morgan fingerprint density at radius 1 is 1.10 bits per heavy atom. The number of anilines is 1. The smallest absolute Gasteiger partial charge is 0.102 e. The average molecular weight is 296 g/mol. The predicted molar refractivity (Wildman–Crippen MR) is 92.4 cm³/mol. The highest BCUT2D eigenvalue weighted by Crippen LogP contribution is 2.07. The van der Waals surface area contributed by atoms with Gasteiger partial charge in [0, 0.05) is 12.2 Å². The molecule has 0 fully saturated rings. The fraction of sp³-hybridized carbons (Fsp3) is 0.667. The van der Waals surface area contributed by atoms with Crippen LogP contribution in [0.5, 0.6) is 0 Å². The molecule has 1 unspecified atom stereocenters. The number of halogens is 1. The first kappa shape index (κ1) is 19.9. The zero-order valence-corrected chi connectivity index (χ0v) is 14.2. The molecule has 0 heterocycles. The summed E-state index contributed by atoms with van der Waals surface area (Å²) < 4.78 is 12.1. The van der Waals surface area contributed by atoms with E-state index in [1.165, 1.54) is 18.4 Å². The van der Waals surface area contributed by atoms with Crippen molar-refractivity contribution in [2.75, 3.05) is 32.0 Å². The first-order valence-electron chi connectivity index (χ1n) is 8.13. The maximum atomic E-state index is 12.1. The molecule has 0 amide bonds. The van der Waals surface area contributed by atoms with E-state index in [0.29, 0.717) is 6.54 Å². The molecule has 3 heteroatoms. The van der Waals surface area contributed by atoms with Gasteiger partial charge < -0.3 is 10.6 Å². The number of hydrogen-bond acceptors (Lipinski definition) is 2. The third-order valence-corrected chi connectivity index (χ3v) is 3.65. The number of nitrogens with two attached hydrogens (primary N) is 1. The van der Waals surface area contributed by atoms with E-state index in [-0.39, 0.29) is 6.67 Å². The van der Waals surface area contributed by atoms with Crippen molar-refractivity contribution in [2.24, 2.45) is 5.92 Å². The first-order valence-corrected chi connectivity index (χ1v) is 8.13. The molecule has 0 aliphatic heterocycles. The largest absolute Gasteiger partial charge is 0.399 e. The highest BCUT2D eigenvalue weighted by Gasteiger charge is 2.05. The molecule has 2 N–H and O–H groups in total. The molecule has 0 spiro atoms. The van der Waals surface area contributed by atoms with Crippen LogP contribution in [-0.4, -0.2) is 31.2 Å². The molecular weight excluding hydrogens is 263 g/mol. The lowest BCUT2D eigenvalue weighted by Gasteiger charge is -2.21. The van der Waals surface area contributed by atoms with E-state index in [1.54, 1.807) is 0 Å². The van der Waals surface area contributed by atoms with Crippen molar-refractivity contribution >= 4 is 5.69 Å². The van der Waals surface area contributed by atoms with Gasteiger partial charge in [0.2, 0.25) is 0 Å². The molecule has 0 aliphatic carbocycles. The number of hydrogen-bond donors (Lipinski definition) is 1. The molecule has 1 rings (SSSR count). The van der Waals surface area contributed by atoms with Gasteiger partial charge in [-0.2, -0.15) is 0 Å². The van der Waals surface area contributed by atoms with E-state index >= 15 is 0 Å². The number of nitrogen functional groups attached to an aromatic ring is 1. The minimum absolute atomic E-state index is 0.208. The van der Waals surface area contributed by atoms with Gasteiger partial charge in [-0.1, -0.05) is 44.9 Å².